The third-order valence-electron chi connectivity index (χ3n) is 2.34. The molecule has 19 heavy (non-hydrogen) atoms. The standard InChI is InChI=1S/C13H16F3NO2/c1-12(2,19)8-17-11(18)7-9-4-3-5-10(6-9)13(14,15)16/h3-6,19H,7-8H2,1-2H3,(H,17,18). The molecule has 1 aromatic carbocycles. The van der Waals surface area contributed by atoms with Crippen molar-refractivity contribution in [1.29, 1.82) is 0 Å². The summed E-state index contributed by atoms with van der Waals surface area (Å²) in [5, 5.41) is 11.9. The van der Waals surface area contributed by atoms with E-state index in [1.807, 2.05) is 0 Å². The zero-order valence-electron chi connectivity index (χ0n) is 10.7. The zero-order chi connectivity index (χ0) is 14.7. The normalized spacial score (nSPS) is 12.3. The molecule has 3 nitrogen and oxygen atoms in total. The topological polar surface area (TPSA) is 49.3 Å². The smallest absolute Gasteiger partial charge is 0.389 e. The highest BCUT2D eigenvalue weighted by atomic mass is 19.4. The van der Waals surface area contributed by atoms with Crippen LogP contribution in [0.2, 0.25) is 0 Å². The first-order valence-electron chi connectivity index (χ1n) is 5.73. The van der Waals surface area contributed by atoms with Crippen LogP contribution < -0.4 is 5.32 Å². The lowest BCUT2D eigenvalue weighted by Gasteiger charge is -2.17. The van der Waals surface area contributed by atoms with Gasteiger partial charge in [-0.3, -0.25) is 4.79 Å². The van der Waals surface area contributed by atoms with E-state index in [1.54, 1.807) is 0 Å². The fourth-order valence-electron chi connectivity index (χ4n) is 1.42. The number of halogens is 3. The second-order valence-corrected chi connectivity index (χ2v) is 4.96. The second-order valence-electron chi connectivity index (χ2n) is 4.96. The van der Waals surface area contributed by atoms with Gasteiger partial charge in [0, 0.05) is 6.54 Å². The highest BCUT2D eigenvalue weighted by Gasteiger charge is 2.30. The molecule has 0 atom stereocenters. The highest BCUT2D eigenvalue weighted by Crippen LogP contribution is 2.29. The van der Waals surface area contributed by atoms with Gasteiger partial charge in [-0.25, -0.2) is 0 Å². The molecule has 1 amide bonds. The van der Waals surface area contributed by atoms with Crippen molar-refractivity contribution in [3.8, 4) is 0 Å². The van der Waals surface area contributed by atoms with Crippen LogP contribution in [-0.4, -0.2) is 23.2 Å². The molecule has 6 heteroatoms. The highest BCUT2D eigenvalue weighted by molar-refractivity contribution is 5.78. The van der Waals surface area contributed by atoms with Crippen LogP contribution in [0.15, 0.2) is 24.3 Å². The number of aliphatic hydroxyl groups is 1. The predicted octanol–water partition coefficient (Wildman–Crippen LogP) is 2.13. The number of hydrogen-bond donors (Lipinski definition) is 2. The Morgan fingerprint density at radius 1 is 1.32 bits per heavy atom. The Morgan fingerprint density at radius 3 is 2.47 bits per heavy atom. The number of nitrogens with one attached hydrogen (secondary N) is 1. The van der Waals surface area contributed by atoms with Crippen LogP contribution in [0.25, 0.3) is 0 Å². The molecule has 0 bridgehead atoms. The number of amides is 1. The number of rotatable bonds is 4. The maximum atomic E-state index is 12.5. The molecule has 0 saturated heterocycles. The van der Waals surface area contributed by atoms with E-state index in [0.717, 1.165) is 12.1 Å². The summed E-state index contributed by atoms with van der Waals surface area (Å²) >= 11 is 0. The van der Waals surface area contributed by atoms with Gasteiger partial charge < -0.3 is 10.4 Å². The van der Waals surface area contributed by atoms with Gasteiger partial charge in [0.15, 0.2) is 0 Å². The Kier molecular flexibility index (Phi) is 4.57. The van der Waals surface area contributed by atoms with Crippen molar-refractivity contribution in [3.63, 3.8) is 0 Å². The van der Waals surface area contributed by atoms with Crippen LogP contribution >= 0.6 is 0 Å². The van der Waals surface area contributed by atoms with Crippen molar-refractivity contribution in [2.45, 2.75) is 32.0 Å². The average Bonchev–Trinajstić information content (AvgIpc) is 2.25. The van der Waals surface area contributed by atoms with E-state index in [-0.39, 0.29) is 18.5 Å². The minimum absolute atomic E-state index is 0.0464. The lowest BCUT2D eigenvalue weighted by Crippen LogP contribution is -2.38. The van der Waals surface area contributed by atoms with E-state index in [4.69, 9.17) is 0 Å². The average molecular weight is 275 g/mol. The molecule has 0 aliphatic rings. The lowest BCUT2D eigenvalue weighted by atomic mass is 10.1. The number of hydrogen-bond acceptors (Lipinski definition) is 2. The fourth-order valence-corrected chi connectivity index (χ4v) is 1.42. The molecule has 1 rings (SSSR count). The Balaban J connectivity index is 2.65. The molecule has 106 valence electrons. The van der Waals surface area contributed by atoms with Crippen molar-refractivity contribution in [3.05, 3.63) is 35.4 Å². The second kappa shape index (κ2) is 5.61. The third-order valence-corrected chi connectivity index (χ3v) is 2.34. The summed E-state index contributed by atoms with van der Waals surface area (Å²) in [7, 11) is 0. The molecule has 0 heterocycles. The first kappa shape index (κ1) is 15.5. The molecule has 0 aromatic heterocycles. The monoisotopic (exact) mass is 275 g/mol. The first-order chi connectivity index (χ1) is 8.58. The van der Waals surface area contributed by atoms with Crippen LogP contribution in [0.1, 0.15) is 25.0 Å². The van der Waals surface area contributed by atoms with E-state index >= 15 is 0 Å². The maximum Gasteiger partial charge on any atom is 0.416 e. The lowest BCUT2D eigenvalue weighted by molar-refractivity contribution is -0.137. The zero-order valence-corrected chi connectivity index (χ0v) is 10.7. The molecule has 2 N–H and O–H groups in total. The molecule has 0 fully saturated rings. The Hall–Kier alpha value is -1.56. The van der Waals surface area contributed by atoms with Crippen LogP contribution in [0, 0.1) is 0 Å². The van der Waals surface area contributed by atoms with Gasteiger partial charge in [-0.2, -0.15) is 13.2 Å². The Morgan fingerprint density at radius 2 is 1.95 bits per heavy atom. The van der Waals surface area contributed by atoms with Crippen molar-refractivity contribution >= 4 is 5.91 Å². The van der Waals surface area contributed by atoms with E-state index in [9.17, 15) is 23.1 Å². The number of carbonyl (C=O) groups excluding carboxylic acids is 1. The summed E-state index contributed by atoms with van der Waals surface area (Å²) in [6, 6.07) is 4.63. The SMILES string of the molecule is CC(C)(O)CNC(=O)Cc1cccc(C(F)(F)F)c1. The third kappa shape index (κ3) is 5.74. The van der Waals surface area contributed by atoms with Gasteiger partial charge in [-0.15, -0.1) is 0 Å². The Bertz CT molecular complexity index is 450. The fraction of sp³-hybridized carbons (Fsp3) is 0.462. The van der Waals surface area contributed by atoms with E-state index in [0.29, 0.717) is 0 Å². The molecule has 0 radical (unpaired) electrons. The van der Waals surface area contributed by atoms with Crippen molar-refractivity contribution in [1.82, 2.24) is 5.32 Å². The summed E-state index contributed by atoms with van der Waals surface area (Å²) < 4.78 is 37.4. The first-order valence-corrected chi connectivity index (χ1v) is 5.73. The van der Waals surface area contributed by atoms with Gasteiger partial charge in [-0.05, 0) is 25.5 Å². The predicted molar refractivity (Wildman–Crippen MR) is 64.5 cm³/mol. The summed E-state index contributed by atoms with van der Waals surface area (Å²) in [6.45, 7) is 3.10. The summed E-state index contributed by atoms with van der Waals surface area (Å²) in [6.07, 6.45) is -4.57. The van der Waals surface area contributed by atoms with Gasteiger partial charge in [0.25, 0.3) is 0 Å². The molecular weight excluding hydrogens is 259 g/mol. The molecule has 0 spiro atoms. The maximum absolute atomic E-state index is 12.5. The van der Waals surface area contributed by atoms with Crippen LogP contribution in [0.3, 0.4) is 0 Å². The van der Waals surface area contributed by atoms with Crippen LogP contribution in [-0.2, 0) is 17.4 Å². The van der Waals surface area contributed by atoms with Gasteiger partial charge in [0.05, 0.1) is 17.6 Å². The van der Waals surface area contributed by atoms with Crippen molar-refractivity contribution in [2.24, 2.45) is 0 Å². The van der Waals surface area contributed by atoms with Gasteiger partial charge in [-0.1, -0.05) is 18.2 Å². The molecule has 1 aromatic rings. The van der Waals surface area contributed by atoms with Gasteiger partial charge in [0.2, 0.25) is 5.91 Å². The van der Waals surface area contributed by atoms with Crippen LogP contribution in [0.4, 0.5) is 13.2 Å². The molecule has 0 unspecified atom stereocenters. The summed E-state index contributed by atoms with van der Waals surface area (Å²) in [5.41, 5.74) is -1.55. The number of benzene rings is 1. The minimum Gasteiger partial charge on any atom is -0.389 e. The van der Waals surface area contributed by atoms with Gasteiger partial charge in [0.1, 0.15) is 0 Å². The number of alkyl halides is 3. The van der Waals surface area contributed by atoms with Crippen molar-refractivity contribution < 1.29 is 23.1 Å². The number of carbonyl (C=O) groups is 1. The quantitative estimate of drug-likeness (QED) is 0.884. The van der Waals surface area contributed by atoms with E-state index in [2.05, 4.69) is 5.32 Å². The molecule has 0 aliphatic carbocycles. The largest absolute Gasteiger partial charge is 0.416 e. The summed E-state index contributed by atoms with van der Waals surface area (Å²) in [4.78, 5) is 11.5. The Labute approximate surface area is 109 Å². The van der Waals surface area contributed by atoms with E-state index < -0.39 is 23.2 Å². The van der Waals surface area contributed by atoms with Crippen LogP contribution in [0.5, 0.6) is 0 Å². The van der Waals surface area contributed by atoms with Crippen molar-refractivity contribution in [2.75, 3.05) is 6.54 Å². The summed E-state index contributed by atoms with van der Waals surface area (Å²) in [5.74, 6) is -0.429. The molecule has 0 aliphatic heterocycles. The minimum atomic E-state index is -4.42. The molecule has 0 saturated carbocycles. The van der Waals surface area contributed by atoms with E-state index in [1.165, 1.54) is 26.0 Å². The van der Waals surface area contributed by atoms with Gasteiger partial charge >= 0.3 is 6.18 Å². The molecular formula is C13H16F3NO2.